The number of nitrogens with one attached hydrogen (secondary N) is 1. The van der Waals surface area contributed by atoms with Gasteiger partial charge in [0.05, 0.1) is 31.6 Å². The minimum absolute atomic E-state index is 0.285. The number of anilines is 1. The quantitative estimate of drug-likeness (QED) is 0.474. The molecule has 1 amide bonds. The van der Waals surface area contributed by atoms with Crippen LogP contribution in [-0.2, 0) is 0 Å². The standard InChI is InChI=1S/C26H23N3O4/c1-31-22-11-6-5-10-20(22)25-21(17-29(28-25)19-8-3-2-4-9-19)26(30)27-18-12-13-23-24(16-18)33-15-7-14-32-23/h2-6,8-13,16-17H,7,14-15H2,1H3,(H,27,30). The summed E-state index contributed by atoms with van der Waals surface area (Å²) >= 11 is 0. The summed E-state index contributed by atoms with van der Waals surface area (Å²) in [5.41, 5.74) is 3.16. The van der Waals surface area contributed by atoms with Gasteiger partial charge in [0.15, 0.2) is 11.5 Å². The largest absolute Gasteiger partial charge is 0.496 e. The van der Waals surface area contributed by atoms with Crippen LogP contribution in [0.5, 0.6) is 17.2 Å². The normalized spacial score (nSPS) is 12.6. The van der Waals surface area contributed by atoms with Crippen LogP contribution in [0.3, 0.4) is 0 Å². The highest BCUT2D eigenvalue weighted by Crippen LogP contribution is 2.34. The van der Waals surface area contributed by atoms with Gasteiger partial charge >= 0.3 is 0 Å². The van der Waals surface area contributed by atoms with Crippen LogP contribution < -0.4 is 19.5 Å². The molecule has 3 aromatic carbocycles. The van der Waals surface area contributed by atoms with Gasteiger partial charge in [-0.3, -0.25) is 4.79 Å². The summed E-state index contributed by atoms with van der Waals surface area (Å²) in [7, 11) is 1.60. The Bertz CT molecular complexity index is 1280. The van der Waals surface area contributed by atoms with Crippen molar-refractivity contribution in [2.45, 2.75) is 6.42 Å². The molecular formula is C26H23N3O4. The Morgan fingerprint density at radius 1 is 0.970 bits per heavy atom. The molecule has 7 nitrogen and oxygen atoms in total. The van der Waals surface area contributed by atoms with Crippen LogP contribution in [0.4, 0.5) is 5.69 Å². The molecule has 0 fully saturated rings. The molecule has 1 N–H and O–H groups in total. The maximum atomic E-state index is 13.4. The third-order valence-corrected chi connectivity index (χ3v) is 5.35. The second kappa shape index (κ2) is 9.08. The fraction of sp³-hybridized carbons (Fsp3) is 0.154. The molecule has 0 atom stereocenters. The van der Waals surface area contributed by atoms with Crippen LogP contribution in [0.1, 0.15) is 16.8 Å². The minimum atomic E-state index is -0.285. The van der Waals surface area contributed by atoms with Gasteiger partial charge in [-0.2, -0.15) is 5.10 Å². The van der Waals surface area contributed by atoms with Gasteiger partial charge in [-0.25, -0.2) is 4.68 Å². The van der Waals surface area contributed by atoms with Crippen LogP contribution >= 0.6 is 0 Å². The lowest BCUT2D eigenvalue weighted by atomic mass is 10.1. The number of carbonyl (C=O) groups is 1. The maximum absolute atomic E-state index is 13.4. The molecule has 0 unspecified atom stereocenters. The summed E-state index contributed by atoms with van der Waals surface area (Å²) in [5.74, 6) is 1.65. The number of hydrogen-bond donors (Lipinski definition) is 1. The molecule has 166 valence electrons. The summed E-state index contributed by atoms with van der Waals surface area (Å²) < 4.78 is 18.7. The van der Waals surface area contributed by atoms with Gasteiger partial charge in [0.2, 0.25) is 0 Å². The van der Waals surface area contributed by atoms with Crippen molar-refractivity contribution in [1.82, 2.24) is 9.78 Å². The number of ether oxygens (including phenoxy) is 3. The molecule has 2 heterocycles. The molecule has 0 bridgehead atoms. The average Bonchev–Trinajstić information content (AvgIpc) is 3.18. The zero-order chi connectivity index (χ0) is 22.6. The molecular weight excluding hydrogens is 418 g/mol. The van der Waals surface area contributed by atoms with E-state index in [1.54, 1.807) is 30.1 Å². The van der Waals surface area contributed by atoms with Gasteiger partial charge in [-0.1, -0.05) is 30.3 Å². The highest BCUT2D eigenvalue weighted by Gasteiger charge is 2.22. The van der Waals surface area contributed by atoms with Gasteiger partial charge < -0.3 is 19.5 Å². The predicted molar refractivity (Wildman–Crippen MR) is 126 cm³/mol. The molecule has 1 aromatic heterocycles. The number of aromatic nitrogens is 2. The number of carbonyl (C=O) groups excluding carboxylic acids is 1. The van der Waals surface area contributed by atoms with Gasteiger partial charge in [0.25, 0.3) is 5.91 Å². The molecule has 4 aromatic rings. The Labute approximate surface area is 191 Å². The topological polar surface area (TPSA) is 74.6 Å². The lowest BCUT2D eigenvalue weighted by Gasteiger charge is -2.11. The van der Waals surface area contributed by atoms with E-state index in [4.69, 9.17) is 19.3 Å². The number of hydrogen-bond acceptors (Lipinski definition) is 5. The second-order valence-electron chi connectivity index (χ2n) is 7.54. The van der Waals surface area contributed by atoms with E-state index in [1.165, 1.54) is 0 Å². The van der Waals surface area contributed by atoms with Crippen LogP contribution in [0.2, 0.25) is 0 Å². The number of methoxy groups -OCH3 is 1. The second-order valence-corrected chi connectivity index (χ2v) is 7.54. The molecule has 7 heteroatoms. The lowest BCUT2D eigenvalue weighted by Crippen LogP contribution is -2.12. The predicted octanol–water partition coefficient (Wildman–Crippen LogP) is 4.96. The molecule has 5 rings (SSSR count). The Balaban J connectivity index is 1.53. The van der Waals surface area contributed by atoms with E-state index in [0.717, 1.165) is 17.7 Å². The molecule has 1 aliphatic heterocycles. The Kier molecular flexibility index (Phi) is 5.68. The molecule has 1 aliphatic rings. The summed E-state index contributed by atoms with van der Waals surface area (Å²) in [6.07, 6.45) is 2.55. The number of amides is 1. The first-order valence-electron chi connectivity index (χ1n) is 10.7. The summed E-state index contributed by atoms with van der Waals surface area (Å²) in [6, 6.07) is 22.6. The van der Waals surface area contributed by atoms with Gasteiger partial charge in [-0.15, -0.1) is 0 Å². The van der Waals surface area contributed by atoms with Crippen molar-refractivity contribution in [3.63, 3.8) is 0 Å². The highest BCUT2D eigenvalue weighted by atomic mass is 16.5. The highest BCUT2D eigenvalue weighted by molar-refractivity contribution is 6.08. The van der Waals surface area contributed by atoms with Crippen molar-refractivity contribution in [3.05, 3.63) is 84.6 Å². The first kappa shape index (κ1) is 20.6. The smallest absolute Gasteiger partial charge is 0.259 e. The van der Waals surface area contributed by atoms with Gasteiger partial charge in [-0.05, 0) is 36.4 Å². The molecule has 0 saturated heterocycles. The van der Waals surface area contributed by atoms with Crippen molar-refractivity contribution in [1.29, 1.82) is 0 Å². The van der Waals surface area contributed by atoms with E-state index >= 15 is 0 Å². The maximum Gasteiger partial charge on any atom is 0.259 e. The third kappa shape index (κ3) is 4.25. The molecule has 33 heavy (non-hydrogen) atoms. The number of benzene rings is 3. The van der Waals surface area contributed by atoms with Gasteiger partial charge in [0.1, 0.15) is 11.4 Å². The van der Waals surface area contributed by atoms with Crippen LogP contribution in [0.25, 0.3) is 16.9 Å². The third-order valence-electron chi connectivity index (χ3n) is 5.35. The number of para-hydroxylation sites is 2. The molecule has 0 radical (unpaired) electrons. The van der Waals surface area contributed by atoms with E-state index in [0.29, 0.717) is 47.4 Å². The number of nitrogens with zero attached hydrogens (tertiary/aromatic N) is 2. The molecule has 0 saturated carbocycles. The first-order valence-corrected chi connectivity index (χ1v) is 10.7. The fourth-order valence-electron chi connectivity index (χ4n) is 3.73. The SMILES string of the molecule is COc1ccccc1-c1nn(-c2ccccc2)cc1C(=O)Nc1ccc2c(c1)OCCCO2. The zero-order valence-corrected chi connectivity index (χ0v) is 18.2. The van der Waals surface area contributed by atoms with E-state index in [2.05, 4.69) is 5.32 Å². The Morgan fingerprint density at radius 3 is 2.55 bits per heavy atom. The minimum Gasteiger partial charge on any atom is -0.496 e. The molecule has 0 spiro atoms. The van der Waals surface area contributed by atoms with Gasteiger partial charge in [0, 0.05) is 29.9 Å². The zero-order valence-electron chi connectivity index (χ0n) is 18.2. The van der Waals surface area contributed by atoms with E-state index in [9.17, 15) is 4.79 Å². The lowest BCUT2D eigenvalue weighted by molar-refractivity contribution is 0.102. The van der Waals surface area contributed by atoms with E-state index < -0.39 is 0 Å². The van der Waals surface area contributed by atoms with E-state index in [-0.39, 0.29) is 5.91 Å². The number of fused-ring (bicyclic) bond motifs is 1. The van der Waals surface area contributed by atoms with Crippen molar-refractivity contribution < 1.29 is 19.0 Å². The Morgan fingerprint density at radius 2 is 1.73 bits per heavy atom. The van der Waals surface area contributed by atoms with Crippen LogP contribution in [0.15, 0.2) is 79.0 Å². The van der Waals surface area contributed by atoms with Crippen molar-refractivity contribution >= 4 is 11.6 Å². The fourth-order valence-corrected chi connectivity index (χ4v) is 3.73. The van der Waals surface area contributed by atoms with Crippen molar-refractivity contribution in [2.75, 3.05) is 25.6 Å². The first-order chi connectivity index (χ1) is 16.2. The average molecular weight is 441 g/mol. The number of rotatable bonds is 5. The summed E-state index contributed by atoms with van der Waals surface area (Å²) in [6.45, 7) is 1.19. The Hall–Kier alpha value is -4.26. The monoisotopic (exact) mass is 441 g/mol. The van der Waals surface area contributed by atoms with Crippen molar-refractivity contribution in [3.8, 4) is 34.2 Å². The van der Waals surface area contributed by atoms with E-state index in [1.807, 2.05) is 60.7 Å². The molecule has 0 aliphatic carbocycles. The van der Waals surface area contributed by atoms with Crippen molar-refractivity contribution in [2.24, 2.45) is 0 Å². The van der Waals surface area contributed by atoms with Crippen LogP contribution in [-0.4, -0.2) is 36.0 Å². The van der Waals surface area contributed by atoms with Crippen LogP contribution in [0, 0.1) is 0 Å². The summed E-state index contributed by atoms with van der Waals surface area (Å²) in [5, 5.41) is 7.71. The summed E-state index contributed by atoms with van der Waals surface area (Å²) in [4.78, 5) is 13.4.